The molecule has 0 spiro atoms. The molecule has 0 aromatic carbocycles. The van der Waals surface area contributed by atoms with Gasteiger partial charge in [-0.15, -0.1) is 0 Å². The van der Waals surface area contributed by atoms with Crippen LogP contribution in [0.1, 0.15) is 46.1 Å². The van der Waals surface area contributed by atoms with Gasteiger partial charge in [0.15, 0.2) is 0 Å². The van der Waals surface area contributed by atoms with E-state index in [0.29, 0.717) is 0 Å². The van der Waals surface area contributed by atoms with E-state index in [-0.39, 0.29) is 13.5 Å². The summed E-state index contributed by atoms with van der Waals surface area (Å²) in [4.78, 5) is 6.84. The highest BCUT2D eigenvalue weighted by Crippen LogP contribution is 2.14. The molecule has 3 heteroatoms. The van der Waals surface area contributed by atoms with E-state index in [9.17, 15) is 0 Å². The molecule has 0 atom stereocenters. The summed E-state index contributed by atoms with van der Waals surface area (Å²) in [6, 6.07) is 4.10. The third-order valence-electron chi connectivity index (χ3n) is 3.01. The van der Waals surface area contributed by atoms with E-state index in [2.05, 4.69) is 16.0 Å². The molecule has 2 heterocycles. The first-order chi connectivity index (χ1) is 8.24. The molecule has 0 radical (unpaired) electrons. The van der Waals surface area contributed by atoms with Crippen molar-refractivity contribution in [2.75, 3.05) is 13.1 Å². The molecule has 1 aliphatic rings. The highest BCUT2D eigenvalue weighted by Gasteiger charge is 2.10. The molecule has 0 unspecified atom stereocenters. The monoisotopic (exact) mass is 250 g/mol. The summed E-state index contributed by atoms with van der Waals surface area (Å²) in [5.74, 6) is 0.724. The molecule has 0 aliphatic carbocycles. The molecule has 1 aliphatic heterocycles. The summed E-state index contributed by atoms with van der Waals surface area (Å²) in [5.41, 5.74) is 1.28. The first-order valence-electron chi connectivity index (χ1n) is 6.58. The van der Waals surface area contributed by atoms with Crippen molar-refractivity contribution in [2.24, 2.45) is 0 Å². The van der Waals surface area contributed by atoms with Crippen molar-refractivity contribution in [1.82, 2.24) is 9.88 Å². The molecular formula is C15H26N2O. The van der Waals surface area contributed by atoms with Gasteiger partial charge in [0.2, 0.25) is 5.88 Å². The summed E-state index contributed by atoms with van der Waals surface area (Å²) in [7, 11) is 0. The van der Waals surface area contributed by atoms with E-state index >= 15 is 0 Å². The quantitative estimate of drug-likeness (QED) is 0.818. The van der Waals surface area contributed by atoms with Gasteiger partial charge in [-0.1, -0.05) is 19.9 Å². The fourth-order valence-corrected chi connectivity index (χ4v) is 2.19. The minimum Gasteiger partial charge on any atom is -0.475 e. The Morgan fingerprint density at radius 1 is 1.22 bits per heavy atom. The van der Waals surface area contributed by atoms with E-state index in [1.54, 1.807) is 0 Å². The summed E-state index contributed by atoms with van der Waals surface area (Å²) in [5, 5.41) is 0. The Morgan fingerprint density at radius 3 is 2.50 bits per heavy atom. The second-order valence-electron chi connectivity index (χ2n) is 5.01. The second kappa shape index (κ2) is 7.37. The normalized spacial score (nSPS) is 16.4. The molecule has 1 fully saturated rings. The van der Waals surface area contributed by atoms with Gasteiger partial charge >= 0.3 is 0 Å². The van der Waals surface area contributed by atoms with Crippen molar-refractivity contribution in [2.45, 2.75) is 53.2 Å². The number of hydrogen-bond donors (Lipinski definition) is 0. The molecule has 2 rings (SSSR count). The van der Waals surface area contributed by atoms with Crippen molar-refractivity contribution in [1.29, 1.82) is 0 Å². The molecule has 0 N–H and O–H groups in total. The lowest BCUT2D eigenvalue weighted by Crippen LogP contribution is -2.29. The van der Waals surface area contributed by atoms with Gasteiger partial charge in [-0.2, -0.15) is 0 Å². The predicted molar refractivity (Wildman–Crippen MR) is 75.9 cm³/mol. The smallest absolute Gasteiger partial charge is 0.213 e. The number of ether oxygens (including phenoxy) is 1. The van der Waals surface area contributed by atoms with Gasteiger partial charge in [-0.3, -0.25) is 4.90 Å². The van der Waals surface area contributed by atoms with Gasteiger partial charge in [0, 0.05) is 18.8 Å². The number of rotatable bonds is 4. The zero-order valence-electron chi connectivity index (χ0n) is 10.9. The zero-order valence-corrected chi connectivity index (χ0v) is 10.9. The fourth-order valence-electron chi connectivity index (χ4n) is 2.19. The topological polar surface area (TPSA) is 25.4 Å². The van der Waals surface area contributed by atoms with Crippen LogP contribution in [0.5, 0.6) is 5.88 Å². The predicted octanol–water partition coefficient (Wildman–Crippen LogP) is 3.49. The van der Waals surface area contributed by atoms with E-state index in [4.69, 9.17) is 4.74 Å². The standard InChI is InChI=1S/C14H22N2O.CH4/c1-12(2)17-14-7-6-13(10-15-14)11-16-8-4-3-5-9-16;/h6-7,10,12H,3-5,8-9,11H2,1-2H3;1H4. The number of hydrogen-bond acceptors (Lipinski definition) is 3. The lowest BCUT2D eigenvalue weighted by molar-refractivity contribution is 0.219. The Bertz CT molecular complexity index is 329. The van der Waals surface area contributed by atoms with Crippen LogP contribution >= 0.6 is 0 Å². The Balaban J connectivity index is 0.00000162. The minimum absolute atomic E-state index is 0. The first-order valence-corrected chi connectivity index (χ1v) is 6.58. The van der Waals surface area contributed by atoms with Gasteiger partial charge in [0.1, 0.15) is 0 Å². The van der Waals surface area contributed by atoms with Crippen LogP contribution in [0.3, 0.4) is 0 Å². The molecule has 1 aromatic heterocycles. The van der Waals surface area contributed by atoms with E-state index in [0.717, 1.165) is 12.4 Å². The molecule has 0 bridgehead atoms. The minimum atomic E-state index is 0. The number of piperidine rings is 1. The van der Waals surface area contributed by atoms with Crippen LogP contribution in [0.25, 0.3) is 0 Å². The van der Waals surface area contributed by atoms with Gasteiger partial charge < -0.3 is 4.74 Å². The molecule has 1 aromatic rings. The van der Waals surface area contributed by atoms with E-state index < -0.39 is 0 Å². The SMILES string of the molecule is C.CC(C)Oc1ccc(CN2CCCCC2)cn1. The molecule has 0 saturated carbocycles. The van der Waals surface area contributed by atoms with Crippen LogP contribution in [0.4, 0.5) is 0 Å². The highest BCUT2D eigenvalue weighted by molar-refractivity contribution is 5.18. The molecule has 102 valence electrons. The summed E-state index contributed by atoms with van der Waals surface area (Å²) >= 11 is 0. The third-order valence-corrected chi connectivity index (χ3v) is 3.01. The van der Waals surface area contributed by atoms with Crippen molar-refractivity contribution >= 4 is 0 Å². The van der Waals surface area contributed by atoms with Gasteiger partial charge in [-0.25, -0.2) is 4.98 Å². The summed E-state index contributed by atoms with van der Waals surface area (Å²) < 4.78 is 5.53. The van der Waals surface area contributed by atoms with E-state index in [1.165, 1.54) is 37.9 Å². The Kier molecular flexibility index (Phi) is 6.13. The molecule has 0 amide bonds. The molecule has 18 heavy (non-hydrogen) atoms. The van der Waals surface area contributed by atoms with Crippen molar-refractivity contribution < 1.29 is 4.74 Å². The van der Waals surface area contributed by atoms with Gasteiger partial charge in [-0.05, 0) is 45.3 Å². The Labute approximate surface area is 111 Å². The van der Waals surface area contributed by atoms with Crippen LogP contribution in [-0.2, 0) is 6.54 Å². The fraction of sp³-hybridized carbons (Fsp3) is 0.667. The number of aromatic nitrogens is 1. The Hall–Kier alpha value is -1.09. The molecule has 1 saturated heterocycles. The average Bonchev–Trinajstić information content (AvgIpc) is 2.32. The highest BCUT2D eigenvalue weighted by atomic mass is 16.5. The van der Waals surface area contributed by atoms with E-state index in [1.807, 2.05) is 26.1 Å². The van der Waals surface area contributed by atoms with Gasteiger partial charge in [0.05, 0.1) is 6.10 Å². The Morgan fingerprint density at radius 2 is 1.94 bits per heavy atom. The maximum atomic E-state index is 5.53. The largest absolute Gasteiger partial charge is 0.475 e. The molecule has 3 nitrogen and oxygen atoms in total. The lowest BCUT2D eigenvalue weighted by Gasteiger charge is -2.26. The third kappa shape index (κ3) is 4.65. The summed E-state index contributed by atoms with van der Waals surface area (Å²) in [6.45, 7) is 7.51. The number of nitrogens with zero attached hydrogens (tertiary/aromatic N) is 2. The van der Waals surface area contributed by atoms with Gasteiger partial charge in [0.25, 0.3) is 0 Å². The zero-order chi connectivity index (χ0) is 12.1. The number of likely N-dealkylation sites (tertiary alicyclic amines) is 1. The van der Waals surface area contributed by atoms with Crippen LogP contribution in [0, 0.1) is 0 Å². The second-order valence-corrected chi connectivity index (χ2v) is 5.01. The van der Waals surface area contributed by atoms with Crippen LogP contribution in [-0.4, -0.2) is 29.1 Å². The summed E-state index contributed by atoms with van der Waals surface area (Å²) in [6.07, 6.45) is 6.18. The van der Waals surface area contributed by atoms with Crippen LogP contribution in [0.2, 0.25) is 0 Å². The van der Waals surface area contributed by atoms with Crippen molar-refractivity contribution in [3.63, 3.8) is 0 Å². The van der Waals surface area contributed by atoms with Crippen LogP contribution in [0.15, 0.2) is 18.3 Å². The van der Waals surface area contributed by atoms with Crippen molar-refractivity contribution in [3.8, 4) is 5.88 Å². The number of pyridine rings is 1. The first kappa shape index (κ1) is 15.0. The maximum Gasteiger partial charge on any atom is 0.213 e. The lowest BCUT2D eigenvalue weighted by atomic mass is 10.1. The molecular weight excluding hydrogens is 224 g/mol. The van der Waals surface area contributed by atoms with Crippen molar-refractivity contribution in [3.05, 3.63) is 23.9 Å². The maximum absolute atomic E-state index is 5.53. The van der Waals surface area contributed by atoms with Crippen LogP contribution < -0.4 is 4.74 Å². The average molecular weight is 250 g/mol.